The number of carbonyl (C=O) groups excluding carboxylic acids is 9. The lowest BCUT2D eigenvalue weighted by molar-refractivity contribution is -0.144. The number of benzene rings is 2. The van der Waals surface area contributed by atoms with Crippen molar-refractivity contribution in [3.05, 3.63) is 47.5 Å². The van der Waals surface area contributed by atoms with Crippen LogP contribution >= 0.6 is 34.8 Å². The third-order valence-electron chi connectivity index (χ3n) is 12.9. The molecular weight excluding hydrogens is 997 g/mol. The van der Waals surface area contributed by atoms with Gasteiger partial charge in [0.15, 0.2) is 17.3 Å². The number of unbranched alkanes of at least 4 members (excludes halogenated alkanes) is 5. The fourth-order valence-corrected chi connectivity index (χ4v) is 8.84. The van der Waals surface area contributed by atoms with E-state index >= 15 is 0 Å². The minimum absolute atomic E-state index is 0.000317. The number of aromatic hydroxyl groups is 2. The molecule has 0 radical (unpaired) electrons. The largest absolute Gasteiger partial charge is 0.507 e. The summed E-state index contributed by atoms with van der Waals surface area (Å²) >= 11 is 16.1. The number of nitrogens with zero attached hydrogens (tertiary/aromatic N) is 1. The number of hydrogen-bond donors (Lipinski definition) is 4. The van der Waals surface area contributed by atoms with Crippen molar-refractivity contribution in [1.29, 1.82) is 0 Å². The number of likely N-dealkylation sites (N-methyl/N-ethyl adjacent to an activating group) is 1. The van der Waals surface area contributed by atoms with E-state index in [0.717, 1.165) is 32.1 Å². The highest BCUT2D eigenvalue weighted by Gasteiger charge is 2.36. The molecule has 5 N–H and O–H groups in total. The third kappa shape index (κ3) is 24.2. The molecule has 5 atom stereocenters. The van der Waals surface area contributed by atoms with Gasteiger partial charge in [-0.3, -0.25) is 43.2 Å². The van der Waals surface area contributed by atoms with E-state index in [1.165, 1.54) is 36.2 Å². The molecule has 2 amide bonds. The number of rotatable bonds is 27. The molecule has 0 fully saturated rings. The van der Waals surface area contributed by atoms with E-state index in [-0.39, 0.29) is 113 Å². The molecule has 0 saturated carbocycles. The molecule has 1 aliphatic heterocycles. The highest BCUT2D eigenvalue weighted by Crippen LogP contribution is 2.40. The fourth-order valence-electron chi connectivity index (χ4n) is 7.96. The minimum Gasteiger partial charge on any atom is -0.507 e. The van der Waals surface area contributed by atoms with Crippen LogP contribution in [0.4, 0.5) is 0 Å². The maximum Gasteiger partial charge on any atom is 0.226 e. The van der Waals surface area contributed by atoms with Crippen LogP contribution in [-0.4, -0.2) is 105 Å². The van der Waals surface area contributed by atoms with Crippen LogP contribution in [0.5, 0.6) is 11.5 Å². The Morgan fingerprint density at radius 1 is 0.699 bits per heavy atom. The lowest BCUT2D eigenvalue weighted by Crippen LogP contribution is -2.46. The molecule has 0 spiro atoms. The van der Waals surface area contributed by atoms with Crippen molar-refractivity contribution in [2.45, 2.75) is 163 Å². The third-order valence-corrected chi connectivity index (χ3v) is 13.7. The van der Waals surface area contributed by atoms with Crippen molar-refractivity contribution < 1.29 is 53.4 Å². The van der Waals surface area contributed by atoms with Gasteiger partial charge in [0.05, 0.1) is 23.7 Å². The maximum absolute atomic E-state index is 14.4. The van der Waals surface area contributed by atoms with Gasteiger partial charge in [0.1, 0.15) is 40.7 Å². The summed E-state index contributed by atoms with van der Waals surface area (Å²) in [4.78, 5) is 116. The Morgan fingerprint density at radius 2 is 1.25 bits per heavy atom. The van der Waals surface area contributed by atoms with Crippen LogP contribution in [0.25, 0.3) is 11.1 Å². The van der Waals surface area contributed by atoms with Gasteiger partial charge >= 0.3 is 0 Å². The number of Topliss-reactive ketones (excluding diaryl/α,β-unsaturated/α-hetero) is 7. The lowest BCUT2D eigenvalue weighted by atomic mass is 9.87. The average Bonchev–Trinajstić information content (AvgIpc) is 3.35. The highest BCUT2D eigenvalue weighted by atomic mass is 35.5. The van der Waals surface area contributed by atoms with E-state index in [2.05, 4.69) is 12.2 Å². The smallest absolute Gasteiger partial charge is 0.226 e. The Morgan fingerprint density at radius 3 is 1.79 bits per heavy atom. The molecule has 0 aliphatic carbocycles. The van der Waals surface area contributed by atoms with Crippen LogP contribution < -0.4 is 11.1 Å². The summed E-state index contributed by atoms with van der Waals surface area (Å²) in [7, 11) is 1.47. The summed E-state index contributed by atoms with van der Waals surface area (Å²) in [6, 6.07) is 6.62. The zero-order chi connectivity index (χ0) is 55.4. The highest BCUT2D eigenvalue weighted by molar-refractivity contribution is 6.28. The molecule has 4 bridgehead atoms. The Kier molecular flexibility index (Phi) is 32.5. The standard InChI is InChI=1S/C46H64ClN3O9.2C5H9ClO/c1-5-6-7-8-9-14-34(51)15-12-16-35(52)26-33(13-10-11-21-48)46(59)50(4)44-32-18-20-40(54)37(27-32)36-24-31(17-19-39(36)53)25-38(41(55)22-29(2)43(57)28-47)49-45(58)30(3)23-42(44)56;2*1-4(2)5(7)3-6/h17-20,24,27,29-30,33,38,44,53-54H,5-16,21-23,25-26,28,48H2,1-4H3,(H,49,58);2*4H,3H2,1-2H3/t29-,30-,33-,38+,44+;;/m1../s1. The van der Waals surface area contributed by atoms with Crippen molar-refractivity contribution in [2.24, 2.45) is 35.3 Å². The molecule has 0 aromatic heterocycles. The number of ketones is 7. The van der Waals surface area contributed by atoms with Crippen LogP contribution in [0, 0.1) is 29.6 Å². The van der Waals surface area contributed by atoms with Gasteiger partial charge < -0.3 is 26.2 Å². The topological polar surface area (TPSA) is 235 Å². The summed E-state index contributed by atoms with van der Waals surface area (Å²) < 4.78 is 0. The summed E-state index contributed by atoms with van der Waals surface area (Å²) in [5, 5.41) is 24.9. The zero-order valence-corrected chi connectivity index (χ0v) is 46.6. The first-order valence-electron chi connectivity index (χ1n) is 25.7. The lowest BCUT2D eigenvalue weighted by Gasteiger charge is -2.32. The minimum atomic E-state index is -1.26. The van der Waals surface area contributed by atoms with E-state index in [1.54, 1.807) is 26.0 Å². The van der Waals surface area contributed by atoms with E-state index in [9.17, 15) is 53.4 Å². The molecule has 14 nitrogen and oxygen atoms in total. The Labute approximate surface area is 448 Å². The summed E-state index contributed by atoms with van der Waals surface area (Å²) in [6.45, 7) is 13.0. The second-order valence-electron chi connectivity index (χ2n) is 19.8. The van der Waals surface area contributed by atoms with Gasteiger partial charge in [0, 0.05) is 86.3 Å². The molecule has 408 valence electrons. The fraction of sp³-hybridized carbons (Fsp3) is 0.625. The molecule has 1 heterocycles. The van der Waals surface area contributed by atoms with Crippen LogP contribution in [0.15, 0.2) is 36.4 Å². The van der Waals surface area contributed by atoms with Crippen LogP contribution in [-0.2, 0) is 49.6 Å². The summed E-state index contributed by atoms with van der Waals surface area (Å²) in [5.41, 5.74) is 6.99. The maximum atomic E-state index is 14.4. The number of hydrogen-bond acceptors (Lipinski definition) is 12. The molecule has 1 aliphatic rings. The molecule has 0 saturated heterocycles. The number of amides is 2. The molecule has 3 rings (SSSR count). The Bertz CT molecular complexity index is 2130. The molecule has 0 unspecified atom stereocenters. The van der Waals surface area contributed by atoms with Gasteiger partial charge in [-0.15, -0.1) is 34.8 Å². The normalized spacial score (nSPS) is 16.4. The van der Waals surface area contributed by atoms with Crippen molar-refractivity contribution in [2.75, 3.05) is 31.2 Å². The quantitative estimate of drug-likeness (QED) is 0.0483. The van der Waals surface area contributed by atoms with E-state index in [1.807, 2.05) is 27.7 Å². The molecule has 2 aromatic carbocycles. The van der Waals surface area contributed by atoms with Gasteiger partial charge in [-0.05, 0) is 74.0 Å². The first kappa shape index (κ1) is 66.5. The van der Waals surface area contributed by atoms with E-state index in [4.69, 9.17) is 40.5 Å². The second kappa shape index (κ2) is 35.7. The zero-order valence-electron chi connectivity index (χ0n) is 44.4. The number of carbonyl (C=O) groups is 9. The number of nitrogens with one attached hydrogen (secondary N) is 1. The van der Waals surface area contributed by atoms with Crippen molar-refractivity contribution in [3.8, 4) is 22.6 Å². The van der Waals surface area contributed by atoms with Crippen LogP contribution in [0.3, 0.4) is 0 Å². The first-order chi connectivity index (χ1) is 34.5. The molecule has 73 heavy (non-hydrogen) atoms. The van der Waals surface area contributed by atoms with Crippen LogP contribution in [0.1, 0.15) is 162 Å². The average molecular weight is 1080 g/mol. The van der Waals surface area contributed by atoms with Gasteiger partial charge in [-0.1, -0.05) is 92.7 Å². The predicted octanol–water partition coefficient (Wildman–Crippen LogP) is 10.0. The number of phenols is 2. The van der Waals surface area contributed by atoms with Gasteiger partial charge in [0.2, 0.25) is 11.8 Å². The predicted molar refractivity (Wildman–Crippen MR) is 289 cm³/mol. The first-order valence-corrected chi connectivity index (χ1v) is 27.3. The Hall–Kier alpha value is -4.50. The van der Waals surface area contributed by atoms with Crippen LogP contribution in [0.2, 0.25) is 0 Å². The SMILES string of the molecule is CC(C)C(=O)CCl.CC(C)C(=O)CCl.CCCCCCCC(=O)CCCC(=O)C[C@@H](CCCCN)C(=O)N(C)[C@@H]1C(=O)C[C@@H](C)C(=O)N[C@H](C(=O)C[C@@H](C)C(=O)CCl)Cc2ccc(O)c(c2)-c2cc1ccc2O. The number of nitrogens with two attached hydrogens (primary N) is 1. The van der Waals surface area contributed by atoms with Crippen molar-refractivity contribution >= 4 is 87.1 Å². The van der Waals surface area contributed by atoms with Crippen molar-refractivity contribution in [1.82, 2.24) is 10.2 Å². The number of fused-ring (bicyclic) bond motifs is 5. The monoisotopic (exact) mass is 1080 g/mol. The Balaban J connectivity index is 0.00000166. The van der Waals surface area contributed by atoms with E-state index in [0.29, 0.717) is 56.2 Å². The molecule has 17 heteroatoms. The second-order valence-corrected chi connectivity index (χ2v) is 20.6. The number of alkyl halides is 3. The van der Waals surface area contributed by atoms with Crippen molar-refractivity contribution in [3.63, 3.8) is 0 Å². The van der Waals surface area contributed by atoms with E-state index < -0.39 is 53.2 Å². The van der Waals surface area contributed by atoms with Gasteiger partial charge in [-0.25, -0.2) is 0 Å². The van der Waals surface area contributed by atoms with Gasteiger partial charge in [0.25, 0.3) is 0 Å². The molecule has 2 aromatic rings. The number of phenolic OH excluding ortho intramolecular Hbond substituents is 2. The summed E-state index contributed by atoms with van der Waals surface area (Å²) in [6.07, 6.45) is 7.52. The van der Waals surface area contributed by atoms with Gasteiger partial charge in [-0.2, -0.15) is 0 Å². The number of halogens is 3. The molecular formula is C56H82Cl3N3O11. The summed E-state index contributed by atoms with van der Waals surface area (Å²) in [5.74, 6) is -4.69.